The first-order valence-corrected chi connectivity index (χ1v) is 6.20. The minimum absolute atomic E-state index is 0.136. The maximum Gasteiger partial charge on any atom is 0.228 e. The smallest absolute Gasteiger partial charge is 0.228 e. The normalized spacial score (nSPS) is 17.4. The third kappa shape index (κ3) is 2.01. The molecule has 1 aliphatic rings. The van der Waals surface area contributed by atoms with Crippen LogP contribution in [0.15, 0.2) is 22.9 Å². The molecule has 2 aromatic heterocycles. The molecule has 5 nitrogen and oxygen atoms in total. The Morgan fingerprint density at radius 1 is 1.44 bits per heavy atom. The second-order valence-corrected chi connectivity index (χ2v) is 5.07. The van der Waals surface area contributed by atoms with Crippen molar-refractivity contribution < 1.29 is 4.52 Å². The Morgan fingerprint density at radius 2 is 2.28 bits per heavy atom. The van der Waals surface area contributed by atoms with Gasteiger partial charge in [0.15, 0.2) is 0 Å². The van der Waals surface area contributed by atoms with Gasteiger partial charge in [0, 0.05) is 18.2 Å². The van der Waals surface area contributed by atoms with Gasteiger partial charge in [-0.15, -0.1) is 0 Å². The zero-order chi connectivity index (χ0) is 12.6. The summed E-state index contributed by atoms with van der Waals surface area (Å²) in [6.45, 7) is 1.98. The number of hydrogen-bond acceptors (Lipinski definition) is 5. The summed E-state index contributed by atoms with van der Waals surface area (Å²) in [5.41, 5.74) is 7.84. The Morgan fingerprint density at radius 3 is 2.94 bits per heavy atom. The summed E-state index contributed by atoms with van der Waals surface area (Å²) in [6, 6.07) is 3.87. The summed E-state index contributed by atoms with van der Waals surface area (Å²) in [5.74, 6) is 1.16. The summed E-state index contributed by atoms with van der Waals surface area (Å²) in [7, 11) is 0. The van der Waals surface area contributed by atoms with Gasteiger partial charge in [0.2, 0.25) is 11.7 Å². The molecule has 0 atom stereocenters. The van der Waals surface area contributed by atoms with Gasteiger partial charge in [0.05, 0.1) is 0 Å². The molecule has 3 rings (SSSR count). The molecule has 94 valence electrons. The Bertz CT molecular complexity index is 560. The highest BCUT2D eigenvalue weighted by Crippen LogP contribution is 2.32. The summed E-state index contributed by atoms with van der Waals surface area (Å²) in [5, 5.41) is 3.99. The van der Waals surface area contributed by atoms with E-state index in [2.05, 4.69) is 15.1 Å². The van der Waals surface area contributed by atoms with E-state index in [-0.39, 0.29) is 5.54 Å². The average Bonchev–Trinajstić information content (AvgIpc) is 2.76. The van der Waals surface area contributed by atoms with Gasteiger partial charge in [0.1, 0.15) is 5.69 Å². The van der Waals surface area contributed by atoms with Crippen molar-refractivity contribution in [3.05, 3.63) is 29.8 Å². The van der Waals surface area contributed by atoms with Gasteiger partial charge in [-0.1, -0.05) is 11.2 Å². The SMILES string of the molecule is Cc1cccnc1-c1noc(CC2(N)CCC2)n1. The molecule has 1 saturated carbocycles. The zero-order valence-corrected chi connectivity index (χ0v) is 10.4. The molecule has 0 radical (unpaired) electrons. The lowest BCUT2D eigenvalue weighted by molar-refractivity contribution is 0.222. The van der Waals surface area contributed by atoms with E-state index in [4.69, 9.17) is 10.3 Å². The van der Waals surface area contributed by atoms with Crippen molar-refractivity contribution in [3.63, 3.8) is 0 Å². The van der Waals surface area contributed by atoms with Gasteiger partial charge < -0.3 is 10.3 Å². The molecular weight excluding hydrogens is 228 g/mol. The van der Waals surface area contributed by atoms with Gasteiger partial charge in [0.25, 0.3) is 0 Å². The number of rotatable bonds is 3. The van der Waals surface area contributed by atoms with Crippen molar-refractivity contribution in [2.24, 2.45) is 5.73 Å². The average molecular weight is 244 g/mol. The second kappa shape index (κ2) is 4.17. The highest BCUT2D eigenvalue weighted by Gasteiger charge is 2.34. The fraction of sp³-hybridized carbons (Fsp3) is 0.462. The largest absolute Gasteiger partial charge is 0.339 e. The van der Waals surface area contributed by atoms with Crippen molar-refractivity contribution in [2.75, 3.05) is 0 Å². The Hall–Kier alpha value is -1.75. The number of hydrogen-bond donors (Lipinski definition) is 1. The first-order valence-electron chi connectivity index (χ1n) is 6.20. The Kier molecular flexibility index (Phi) is 2.63. The highest BCUT2D eigenvalue weighted by molar-refractivity contribution is 5.53. The maximum absolute atomic E-state index is 6.17. The zero-order valence-electron chi connectivity index (χ0n) is 10.4. The standard InChI is InChI=1S/C13H16N4O/c1-9-4-2-7-15-11(9)12-16-10(18-17-12)8-13(14)5-3-6-13/h2,4,7H,3,5-6,8,14H2,1H3. The van der Waals surface area contributed by atoms with Crippen molar-refractivity contribution in [1.29, 1.82) is 0 Å². The highest BCUT2D eigenvalue weighted by atomic mass is 16.5. The van der Waals surface area contributed by atoms with Crippen LogP contribution in [0.25, 0.3) is 11.5 Å². The molecule has 0 saturated heterocycles. The number of nitrogens with zero attached hydrogens (tertiary/aromatic N) is 3. The van der Waals surface area contributed by atoms with E-state index in [9.17, 15) is 0 Å². The monoisotopic (exact) mass is 244 g/mol. The Labute approximate surface area is 105 Å². The molecule has 2 N–H and O–H groups in total. The maximum atomic E-state index is 6.17. The third-order valence-electron chi connectivity index (χ3n) is 3.54. The molecule has 0 aromatic carbocycles. The van der Waals surface area contributed by atoms with Crippen molar-refractivity contribution in [3.8, 4) is 11.5 Å². The summed E-state index contributed by atoms with van der Waals surface area (Å²) >= 11 is 0. The van der Waals surface area contributed by atoms with Crippen LogP contribution in [0, 0.1) is 6.92 Å². The number of aromatic nitrogens is 3. The lowest BCUT2D eigenvalue weighted by Gasteiger charge is -2.36. The summed E-state index contributed by atoms with van der Waals surface area (Å²) in [4.78, 5) is 8.66. The molecular formula is C13H16N4O. The van der Waals surface area contributed by atoms with Crippen LogP contribution in [0.3, 0.4) is 0 Å². The Balaban J connectivity index is 1.83. The first kappa shape index (κ1) is 11.3. The van der Waals surface area contributed by atoms with Crippen LogP contribution < -0.4 is 5.73 Å². The summed E-state index contributed by atoms with van der Waals surface area (Å²) < 4.78 is 5.26. The minimum Gasteiger partial charge on any atom is -0.339 e. The number of nitrogens with two attached hydrogens (primary N) is 1. The van der Waals surface area contributed by atoms with Gasteiger partial charge in [-0.25, -0.2) is 0 Å². The lowest BCUT2D eigenvalue weighted by atomic mass is 9.75. The number of pyridine rings is 1. The molecule has 18 heavy (non-hydrogen) atoms. The van der Waals surface area contributed by atoms with Gasteiger partial charge in [-0.3, -0.25) is 4.98 Å². The van der Waals surface area contributed by atoms with Crippen LogP contribution in [0.1, 0.15) is 30.7 Å². The molecule has 2 aromatic rings. The molecule has 5 heteroatoms. The second-order valence-electron chi connectivity index (χ2n) is 5.07. The van der Waals surface area contributed by atoms with Crippen molar-refractivity contribution in [2.45, 2.75) is 38.1 Å². The fourth-order valence-corrected chi connectivity index (χ4v) is 2.25. The number of aryl methyl sites for hydroxylation is 1. The van der Waals surface area contributed by atoms with Crippen LogP contribution in [-0.2, 0) is 6.42 Å². The molecule has 0 unspecified atom stereocenters. The van der Waals surface area contributed by atoms with Crippen LogP contribution in [0.4, 0.5) is 0 Å². The van der Waals surface area contributed by atoms with Gasteiger partial charge in [-0.2, -0.15) is 4.98 Å². The van der Waals surface area contributed by atoms with E-state index < -0.39 is 0 Å². The molecule has 2 heterocycles. The van der Waals surface area contributed by atoms with E-state index in [1.165, 1.54) is 6.42 Å². The predicted octanol–water partition coefficient (Wildman–Crippen LogP) is 1.86. The molecule has 0 amide bonds. The molecule has 0 aliphatic heterocycles. The predicted molar refractivity (Wildman–Crippen MR) is 66.7 cm³/mol. The fourth-order valence-electron chi connectivity index (χ4n) is 2.25. The van der Waals surface area contributed by atoms with E-state index in [0.29, 0.717) is 18.1 Å². The molecule has 0 spiro atoms. The van der Waals surface area contributed by atoms with Crippen LogP contribution in [-0.4, -0.2) is 20.7 Å². The quantitative estimate of drug-likeness (QED) is 0.891. The molecule has 0 bridgehead atoms. The van der Waals surface area contributed by atoms with Crippen LogP contribution in [0.2, 0.25) is 0 Å². The first-order chi connectivity index (χ1) is 8.66. The molecule has 1 fully saturated rings. The minimum atomic E-state index is -0.136. The van der Waals surface area contributed by atoms with E-state index >= 15 is 0 Å². The van der Waals surface area contributed by atoms with Crippen molar-refractivity contribution >= 4 is 0 Å². The molecule has 1 aliphatic carbocycles. The van der Waals surface area contributed by atoms with Crippen LogP contribution >= 0.6 is 0 Å². The third-order valence-corrected chi connectivity index (χ3v) is 3.54. The van der Waals surface area contributed by atoms with E-state index in [1.54, 1.807) is 6.20 Å². The lowest BCUT2D eigenvalue weighted by Crippen LogP contribution is -2.48. The van der Waals surface area contributed by atoms with E-state index in [1.807, 2.05) is 19.1 Å². The van der Waals surface area contributed by atoms with E-state index in [0.717, 1.165) is 24.1 Å². The van der Waals surface area contributed by atoms with Gasteiger partial charge in [-0.05, 0) is 37.8 Å². The van der Waals surface area contributed by atoms with Crippen LogP contribution in [0.5, 0.6) is 0 Å². The topological polar surface area (TPSA) is 77.8 Å². The summed E-state index contributed by atoms with van der Waals surface area (Å²) in [6.07, 6.45) is 5.65. The van der Waals surface area contributed by atoms with Crippen molar-refractivity contribution in [1.82, 2.24) is 15.1 Å². The van der Waals surface area contributed by atoms with Gasteiger partial charge >= 0.3 is 0 Å².